The molecule has 31 heavy (non-hydrogen) atoms. The minimum absolute atomic E-state index is 0.239. The summed E-state index contributed by atoms with van der Waals surface area (Å²) >= 11 is 4.77. The average Bonchev–Trinajstić information content (AvgIpc) is 3.29. The number of aromatic nitrogens is 1. The van der Waals surface area contributed by atoms with Crippen LogP contribution in [0.25, 0.3) is 16.8 Å². The smallest absolute Gasteiger partial charge is 0.340 e. The predicted molar refractivity (Wildman–Crippen MR) is 123 cm³/mol. The molecule has 0 spiro atoms. The van der Waals surface area contributed by atoms with E-state index in [4.69, 9.17) is 14.2 Å². The van der Waals surface area contributed by atoms with E-state index >= 15 is 0 Å². The zero-order chi connectivity index (χ0) is 22.4. The number of hydrogen-bond acceptors (Lipinski definition) is 8. The van der Waals surface area contributed by atoms with E-state index in [1.54, 1.807) is 6.07 Å². The molecule has 0 bridgehead atoms. The predicted octanol–water partition coefficient (Wildman–Crippen LogP) is 5.35. The molecule has 0 saturated heterocycles. The third-order valence-electron chi connectivity index (χ3n) is 4.30. The van der Waals surface area contributed by atoms with Crippen LogP contribution >= 0.6 is 27.3 Å². The van der Waals surface area contributed by atoms with Crippen molar-refractivity contribution in [3.05, 3.63) is 63.0 Å². The molecule has 0 saturated carbocycles. The molecule has 2 aromatic carbocycles. The summed E-state index contributed by atoms with van der Waals surface area (Å²) in [6, 6.07) is 13.0. The molecule has 0 fully saturated rings. The third-order valence-corrected chi connectivity index (χ3v) is 5.70. The van der Waals surface area contributed by atoms with E-state index in [0.29, 0.717) is 27.8 Å². The van der Waals surface area contributed by atoms with Gasteiger partial charge in [-0.3, -0.25) is 0 Å². The highest BCUT2D eigenvalue weighted by Crippen LogP contribution is 2.34. The molecule has 0 aliphatic carbocycles. The van der Waals surface area contributed by atoms with Crippen molar-refractivity contribution >= 4 is 44.5 Å². The molecule has 0 aliphatic heterocycles. The van der Waals surface area contributed by atoms with Crippen molar-refractivity contribution in [3.63, 3.8) is 0 Å². The van der Waals surface area contributed by atoms with Crippen LogP contribution < -0.4 is 14.8 Å². The van der Waals surface area contributed by atoms with Crippen LogP contribution in [0.3, 0.4) is 0 Å². The number of methoxy groups -OCH3 is 3. The highest BCUT2D eigenvalue weighted by atomic mass is 79.9. The minimum Gasteiger partial charge on any atom is -0.493 e. The number of nitriles is 1. The summed E-state index contributed by atoms with van der Waals surface area (Å²) in [6.45, 7) is 0. The molecule has 9 heteroatoms. The molecular formula is C22H18BrN3O4S. The van der Waals surface area contributed by atoms with Gasteiger partial charge in [0.25, 0.3) is 0 Å². The number of rotatable bonds is 7. The van der Waals surface area contributed by atoms with Crippen LogP contribution in [0, 0.1) is 11.3 Å². The van der Waals surface area contributed by atoms with Gasteiger partial charge in [0, 0.05) is 33.7 Å². The molecule has 0 unspecified atom stereocenters. The number of nitrogens with one attached hydrogen (secondary N) is 1. The topological polar surface area (TPSA) is 93.5 Å². The van der Waals surface area contributed by atoms with Gasteiger partial charge < -0.3 is 19.5 Å². The van der Waals surface area contributed by atoms with Gasteiger partial charge in [-0.1, -0.05) is 28.1 Å². The van der Waals surface area contributed by atoms with Crippen LogP contribution in [0.15, 0.2) is 52.5 Å². The molecule has 158 valence electrons. The second kappa shape index (κ2) is 10.1. The number of thiazole rings is 1. The summed E-state index contributed by atoms with van der Waals surface area (Å²) in [7, 11) is 4.26. The number of allylic oxidation sites excluding steroid dienone is 1. The Morgan fingerprint density at radius 1 is 1.16 bits per heavy atom. The first-order valence-electron chi connectivity index (χ1n) is 8.93. The molecule has 3 rings (SSSR count). The Bertz CT molecular complexity index is 1170. The molecule has 1 aromatic heterocycles. The lowest BCUT2D eigenvalue weighted by atomic mass is 10.1. The summed E-state index contributed by atoms with van der Waals surface area (Å²) in [5.41, 5.74) is 2.68. The highest BCUT2D eigenvalue weighted by molar-refractivity contribution is 9.10. The zero-order valence-corrected chi connectivity index (χ0v) is 19.3. The molecule has 0 aliphatic rings. The number of nitrogens with zero attached hydrogens (tertiary/aromatic N) is 2. The first-order valence-corrected chi connectivity index (χ1v) is 10.6. The number of anilines is 1. The number of carbonyl (C=O) groups is 1. The third kappa shape index (κ3) is 5.05. The zero-order valence-electron chi connectivity index (χ0n) is 16.9. The van der Waals surface area contributed by atoms with E-state index in [1.165, 1.54) is 44.9 Å². The highest BCUT2D eigenvalue weighted by Gasteiger charge is 2.17. The summed E-state index contributed by atoms with van der Waals surface area (Å²) in [5, 5.41) is 15.1. The standard InChI is InChI=1S/C22H18BrN3O4S/c1-28-19-8-16(22(27)30-3)17(9-20(19)29-2)25-11-14(10-24)21-26-18(12-31-21)13-4-6-15(23)7-5-13/h4-9,11-12,25H,1-3H3/b14-11+. The van der Waals surface area contributed by atoms with Gasteiger partial charge in [0.05, 0.1) is 38.3 Å². The van der Waals surface area contributed by atoms with Crippen LogP contribution in [0.1, 0.15) is 15.4 Å². The minimum atomic E-state index is -0.554. The van der Waals surface area contributed by atoms with E-state index in [1.807, 2.05) is 29.6 Å². The molecular weight excluding hydrogens is 482 g/mol. The largest absolute Gasteiger partial charge is 0.493 e. The van der Waals surface area contributed by atoms with E-state index in [0.717, 1.165) is 15.7 Å². The molecule has 3 aromatic rings. The quantitative estimate of drug-likeness (QED) is 0.345. The number of carbonyl (C=O) groups excluding carboxylic acids is 1. The van der Waals surface area contributed by atoms with Crippen LogP contribution in [0.4, 0.5) is 5.69 Å². The van der Waals surface area contributed by atoms with Gasteiger partial charge in [-0.15, -0.1) is 11.3 Å². The van der Waals surface area contributed by atoms with Crippen LogP contribution in [-0.4, -0.2) is 32.3 Å². The SMILES string of the molecule is COC(=O)c1cc(OC)c(OC)cc1N/C=C(\C#N)c1nc(-c2ccc(Br)cc2)cs1. The Balaban J connectivity index is 1.93. The maximum Gasteiger partial charge on any atom is 0.340 e. The fourth-order valence-corrected chi connectivity index (χ4v) is 3.78. The van der Waals surface area contributed by atoms with Crippen molar-refractivity contribution in [2.45, 2.75) is 0 Å². The van der Waals surface area contributed by atoms with Gasteiger partial charge in [0.1, 0.15) is 16.6 Å². The van der Waals surface area contributed by atoms with Crippen molar-refractivity contribution in [3.8, 4) is 28.8 Å². The lowest BCUT2D eigenvalue weighted by Crippen LogP contribution is -2.07. The van der Waals surface area contributed by atoms with Crippen LogP contribution in [0.2, 0.25) is 0 Å². The molecule has 0 amide bonds. The first-order chi connectivity index (χ1) is 15.0. The number of halogens is 1. The average molecular weight is 500 g/mol. The number of ether oxygens (including phenoxy) is 3. The Kier molecular flexibility index (Phi) is 7.28. The number of benzene rings is 2. The van der Waals surface area contributed by atoms with Gasteiger partial charge in [0.15, 0.2) is 11.5 Å². The van der Waals surface area contributed by atoms with Crippen LogP contribution in [0.5, 0.6) is 11.5 Å². The van der Waals surface area contributed by atoms with Gasteiger partial charge in [-0.25, -0.2) is 9.78 Å². The number of hydrogen-bond donors (Lipinski definition) is 1. The van der Waals surface area contributed by atoms with Gasteiger partial charge in [-0.05, 0) is 12.1 Å². The van der Waals surface area contributed by atoms with Crippen molar-refractivity contribution in [1.82, 2.24) is 4.98 Å². The molecule has 1 N–H and O–H groups in total. The van der Waals surface area contributed by atoms with E-state index in [9.17, 15) is 10.1 Å². The Morgan fingerprint density at radius 2 is 1.84 bits per heavy atom. The van der Waals surface area contributed by atoms with Gasteiger partial charge >= 0.3 is 5.97 Å². The molecule has 0 atom stereocenters. The summed E-state index contributed by atoms with van der Waals surface area (Å²) in [5.74, 6) is 0.260. The second-order valence-electron chi connectivity index (χ2n) is 6.10. The fourth-order valence-electron chi connectivity index (χ4n) is 2.72. The molecule has 7 nitrogen and oxygen atoms in total. The summed E-state index contributed by atoms with van der Waals surface area (Å²) in [6.07, 6.45) is 1.50. The first kappa shape index (κ1) is 22.3. The fraction of sp³-hybridized carbons (Fsp3) is 0.136. The lowest BCUT2D eigenvalue weighted by Gasteiger charge is -2.13. The van der Waals surface area contributed by atoms with Crippen molar-refractivity contribution in [1.29, 1.82) is 5.26 Å². The Labute approximate surface area is 192 Å². The maximum atomic E-state index is 12.2. The lowest BCUT2D eigenvalue weighted by molar-refractivity contribution is 0.0601. The van der Waals surface area contributed by atoms with E-state index in [-0.39, 0.29) is 5.56 Å². The van der Waals surface area contributed by atoms with E-state index < -0.39 is 5.97 Å². The van der Waals surface area contributed by atoms with Crippen LogP contribution in [-0.2, 0) is 4.74 Å². The maximum absolute atomic E-state index is 12.2. The molecule has 1 heterocycles. The number of esters is 1. The Hall–Kier alpha value is -3.35. The normalized spacial score (nSPS) is 10.9. The van der Waals surface area contributed by atoms with Gasteiger partial charge in [0.2, 0.25) is 0 Å². The van der Waals surface area contributed by atoms with E-state index in [2.05, 4.69) is 32.3 Å². The van der Waals surface area contributed by atoms with Gasteiger partial charge in [-0.2, -0.15) is 5.26 Å². The van der Waals surface area contributed by atoms with Crippen molar-refractivity contribution < 1.29 is 19.0 Å². The van der Waals surface area contributed by atoms with Crippen molar-refractivity contribution in [2.24, 2.45) is 0 Å². The summed E-state index contributed by atoms with van der Waals surface area (Å²) in [4.78, 5) is 16.8. The summed E-state index contributed by atoms with van der Waals surface area (Å²) < 4.78 is 16.4. The monoisotopic (exact) mass is 499 g/mol. The molecule has 0 radical (unpaired) electrons. The van der Waals surface area contributed by atoms with Crippen molar-refractivity contribution in [2.75, 3.05) is 26.6 Å². The second-order valence-corrected chi connectivity index (χ2v) is 7.88. The Morgan fingerprint density at radius 3 is 2.45 bits per heavy atom.